The first-order valence-electron chi connectivity index (χ1n) is 8.96. The SMILES string of the molecule is O=C(c1ccnc(-n2ccnc2)c1)N1CCCC(N2CCNCC2=O)C1. The molecule has 2 saturated heterocycles. The molecule has 2 aromatic rings. The molecule has 2 amide bonds. The summed E-state index contributed by atoms with van der Waals surface area (Å²) in [4.78, 5) is 37.3. The van der Waals surface area contributed by atoms with E-state index in [-0.39, 0.29) is 17.9 Å². The number of nitrogens with one attached hydrogen (secondary N) is 1. The Hall–Kier alpha value is -2.74. The molecule has 0 spiro atoms. The van der Waals surface area contributed by atoms with Crippen LogP contribution in [-0.2, 0) is 4.79 Å². The number of piperidine rings is 1. The molecule has 136 valence electrons. The van der Waals surface area contributed by atoms with Crippen LogP contribution in [0.3, 0.4) is 0 Å². The van der Waals surface area contributed by atoms with Gasteiger partial charge in [-0.15, -0.1) is 0 Å². The van der Waals surface area contributed by atoms with Crippen molar-refractivity contribution in [1.29, 1.82) is 0 Å². The van der Waals surface area contributed by atoms with E-state index in [1.165, 1.54) is 0 Å². The van der Waals surface area contributed by atoms with Crippen LogP contribution in [0.2, 0.25) is 0 Å². The molecule has 8 heteroatoms. The van der Waals surface area contributed by atoms with Gasteiger partial charge in [0.2, 0.25) is 5.91 Å². The van der Waals surface area contributed by atoms with Gasteiger partial charge in [0.25, 0.3) is 5.91 Å². The number of piperazine rings is 1. The second-order valence-corrected chi connectivity index (χ2v) is 6.68. The fraction of sp³-hybridized carbons (Fsp3) is 0.444. The summed E-state index contributed by atoms with van der Waals surface area (Å²) in [5, 5.41) is 3.10. The van der Waals surface area contributed by atoms with Crippen LogP contribution >= 0.6 is 0 Å². The van der Waals surface area contributed by atoms with Crippen LogP contribution in [-0.4, -0.2) is 74.9 Å². The number of amides is 2. The minimum absolute atomic E-state index is 0.0129. The first kappa shape index (κ1) is 16.7. The van der Waals surface area contributed by atoms with Crippen LogP contribution in [0.5, 0.6) is 0 Å². The number of likely N-dealkylation sites (tertiary alicyclic amines) is 1. The molecular formula is C18H22N6O2. The lowest BCUT2D eigenvalue weighted by molar-refractivity contribution is -0.135. The van der Waals surface area contributed by atoms with E-state index in [1.54, 1.807) is 41.6 Å². The molecule has 0 radical (unpaired) electrons. The van der Waals surface area contributed by atoms with E-state index in [0.717, 1.165) is 25.9 Å². The van der Waals surface area contributed by atoms with Crippen molar-refractivity contribution in [2.75, 3.05) is 32.7 Å². The van der Waals surface area contributed by atoms with Gasteiger partial charge in [-0.05, 0) is 25.0 Å². The number of hydrogen-bond donors (Lipinski definition) is 1. The van der Waals surface area contributed by atoms with E-state index >= 15 is 0 Å². The normalized spacial score (nSPS) is 21.1. The molecule has 4 heterocycles. The molecule has 0 aliphatic carbocycles. The van der Waals surface area contributed by atoms with Crippen molar-refractivity contribution in [1.82, 2.24) is 29.7 Å². The highest BCUT2D eigenvalue weighted by atomic mass is 16.2. The van der Waals surface area contributed by atoms with Crippen LogP contribution < -0.4 is 5.32 Å². The fourth-order valence-electron chi connectivity index (χ4n) is 3.67. The lowest BCUT2D eigenvalue weighted by Crippen LogP contribution is -2.57. The van der Waals surface area contributed by atoms with E-state index in [0.29, 0.717) is 31.0 Å². The highest BCUT2D eigenvalue weighted by molar-refractivity contribution is 5.94. The Kier molecular flexibility index (Phi) is 4.66. The second kappa shape index (κ2) is 7.25. The van der Waals surface area contributed by atoms with Gasteiger partial charge in [-0.2, -0.15) is 0 Å². The molecule has 1 atom stereocenters. The Morgan fingerprint density at radius 1 is 1.27 bits per heavy atom. The predicted octanol–water partition coefficient (Wildman–Crippen LogP) is 0.304. The number of hydrogen-bond acceptors (Lipinski definition) is 5. The van der Waals surface area contributed by atoms with Gasteiger partial charge in [0.1, 0.15) is 12.1 Å². The fourth-order valence-corrected chi connectivity index (χ4v) is 3.67. The molecule has 4 rings (SSSR count). The van der Waals surface area contributed by atoms with Crippen molar-refractivity contribution >= 4 is 11.8 Å². The second-order valence-electron chi connectivity index (χ2n) is 6.68. The van der Waals surface area contributed by atoms with Crippen LogP contribution in [0.4, 0.5) is 0 Å². The van der Waals surface area contributed by atoms with Gasteiger partial charge in [-0.25, -0.2) is 9.97 Å². The van der Waals surface area contributed by atoms with E-state index in [9.17, 15) is 9.59 Å². The van der Waals surface area contributed by atoms with E-state index in [2.05, 4.69) is 15.3 Å². The lowest BCUT2D eigenvalue weighted by atomic mass is 10.0. The molecule has 0 bridgehead atoms. The predicted molar refractivity (Wildman–Crippen MR) is 94.9 cm³/mol. The molecule has 2 fully saturated rings. The summed E-state index contributed by atoms with van der Waals surface area (Å²) >= 11 is 0. The molecule has 1 N–H and O–H groups in total. The zero-order valence-electron chi connectivity index (χ0n) is 14.5. The van der Waals surface area contributed by atoms with Crippen LogP contribution in [0.25, 0.3) is 5.82 Å². The summed E-state index contributed by atoms with van der Waals surface area (Å²) < 4.78 is 1.77. The average Bonchev–Trinajstić information content (AvgIpc) is 3.23. The van der Waals surface area contributed by atoms with Crippen LogP contribution in [0.15, 0.2) is 37.1 Å². The zero-order chi connectivity index (χ0) is 17.9. The van der Waals surface area contributed by atoms with Gasteiger partial charge in [-0.3, -0.25) is 14.2 Å². The Morgan fingerprint density at radius 3 is 3.00 bits per heavy atom. The number of rotatable bonds is 3. The Bertz CT molecular complexity index is 791. The zero-order valence-corrected chi connectivity index (χ0v) is 14.5. The third-order valence-corrected chi connectivity index (χ3v) is 5.01. The Morgan fingerprint density at radius 2 is 2.19 bits per heavy atom. The Labute approximate surface area is 151 Å². The first-order chi connectivity index (χ1) is 12.7. The summed E-state index contributed by atoms with van der Waals surface area (Å²) in [6.07, 6.45) is 8.63. The minimum atomic E-state index is -0.0129. The molecule has 2 aromatic heterocycles. The maximum atomic E-state index is 13.0. The maximum Gasteiger partial charge on any atom is 0.254 e. The largest absolute Gasteiger partial charge is 0.337 e. The van der Waals surface area contributed by atoms with Gasteiger partial charge in [-0.1, -0.05) is 0 Å². The number of imidazole rings is 1. The third-order valence-electron chi connectivity index (χ3n) is 5.01. The molecule has 26 heavy (non-hydrogen) atoms. The van der Waals surface area contributed by atoms with Crippen molar-refractivity contribution in [2.45, 2.75) is 18.9 Å². The van der Waals surface area contributed by atoms with Crippen LogP contribution in [0, 0.1) is 0 Å². The molecule has 1 unspecified atom stereocenters. The molecule has 8 nitrogen and oxygen atoms in total. The number of nitrogens with zero attached hydrogens (tertiary/aromatic N) is 5. The third kappa shape index (κ3) is 3.32. The number of pyridine rings is 1. The topological polar surface area (TPSA) is 83.4 Å². The molecule has 2 aliphatic heterocycles. The molecule has 0 aromatic carbocycles. The summed E-state index contributed by atoms with van der Waals surface area (Å²) in [6.45, 7) is 3.23. The van der Waals surface area contributed by atoms with Crippen molar-refractivity contribution in [2.24, 2.45) is 0 Å². The van der Waals surface area contributed by atoms with Crippen molar-refractivity contribution in [3.8, 4) is 5.82 Å². The van der Waals surface area contributed by atoms with Gasteiger partial charge in [0.15, 0.2) is 0 Å². The molecule has 2 aliphatic rings. The number of carbonyl (C=O) groups excluding carboxylic acids is 2. The van der Waals surface area contributed by atoms with E-state index < -0.39 is 0 Å². The van der Waals surface area contributed by atoms with Crippen molar-refractivity contribution < 1.29 is 9.59 Å². The highest BCUT2D eigenvalue weighted by Gasteiger charge is 2.32. The van der Waals surface area contributed by atoms with Crippen LogP contribution in [0.1, 0.15) is 23.2 Å². The minimum Gasteiger partial charge on any atom is -0.337 e. The standard InChI is InChI=1S/C18H22N6O2/c25-17-11-19-6-9-24(17)15-2-1-7-22(12-15)18(26)14-3-4-21-16(10-14)23-8-5-20-13-23/h3-5,8,10,13,15,19H,1-2,6-7,9,11-12H2. The summed E-state index contributed by atoms with van der Waals surface area (Å²) in [5.74, 6) is 0.780. The van der Waals surface area contributed by atoms with Crippen molar-refractivity contribution in [3.63, 3.8) is 0 Å². The van der Waals surface area contributed by atoms with Gasteiger partial charge in [0.05, 0.1) is 6.54 Å². The van der Waals surface area contributed by atoms with E-state index in [4.69, 9.17) is 0 Å². The smallest absolute Gasteiger partial charge is 0.254 e. The Balaban J connectivity index is 1.49. The summed E-state index contributed by atoms with van der Waals surface area (Å²) in [5.41, 5.74) is 0.607. The summed E-state index contributed by atoms with van der Waals surface area (Å²) in [6, 6.07) is 3.63. The highest BCUT2D eigenvalue weighted by Crippen LogP contribution is 2.19. The number of aromatic nitrogens is 3. The first-order valence-corrected chi connectivity index (χ1v) is 8.96. The maximum absolute atomic E-state index is 13.0. The quantitative estimate of drug-likeness (QED) is 0.857. The van der Waals surface area contributed by atoms with Crippen molar-refractivity contribution in [3.05, 3.63) is 42.6 Å². The van der Waals surface area contributed by atoms with Gasteiger partial charge >= 0.3 is 0 Å². The molecule has 0 saturated carbocycles. The van der Waals surface area contributed by atoms with E-state index in [1.807, 2.05) is 9.80 Å². The monoisotopic (exact) mass is 354 g/mol. The number of carbonyl (C=O) groups is 2. The summed E-state index contributed by atoms with van der Waals surface area (Å²) in [7, 11) is 0. The average molecular weight is 354 g/mol. The molecular weight excluding hydrogens is 332 g/mol. The van der Waals surface area contributed by atoms with Gasteiger partial charge in [0, 0.05) is 56.4 Å². The lowest BCUT2D eigenvalue weighted by Gasteiger charge is -2.41. The van der Waals surface area contributed by atoms with Gasteiger partial charge < -0.3 is 15.1 Å².